The smallest absolute Gasteiger partial charge is 0.237 e. The summed E-state index contributed by atoms with van der Waals surface area (Å²) in [5.74, 6) is 0.341. The van der Waals surface area contributed by atoms with Crippen LogP contribution in [0.2, 0.25) is 0 Å². The highest BCUT2D eigenvalue weighted by atomic mass is 16.3. The number of piperazine rings is 1. The van der Waals surface area contributed by atoms with Crippen LogP contribution in [0.1, 0.15) is 6.92 Å². The summed E-state index contributed by atoms with van der Waals surface area (Å²) in [6, 6.07) is 7.23. The minimum Gasteiger partial charge on any atom is -0.506 e. The number of carbonyl (C=O) groups is 1. The van der Waals surface area contributed by atoms with Gasteiger partial charge in [-0.25, -0.2) is 0 Å². The fourth-order valence-corrected chi connectivity index (χ4v) is 2.57. The molecule has 5 nitrogen and oxygen atoms in total. The molecule has 0 spiro atoms. The van der Waals surface area contributed by atoms with Crippen LogP contribution >= 0.6 is 0 Å². The largest absolute Gasteiger partial charge is 0.506 e. The zero-order valence-corrected chi connectivity index (χ0v) is 12.5. The second kappa shape index (κ2) is 7.13. The molecule has 1 unspecified atom stereocenters. The molecule has 1 amide bonds. The topological polar surface area (TPSA) is 55.8 Å². The van der Waals surface area contributed by atoms with Gasteiger partial charge in [-0.1, -0.05) is 18.2 Å². The molecule has 1 atom stereocenters. The van der Waals surface area contributed by atoms with E-state index in [-0.39, 0.29) is 11.9 Å². The van der Waals surface area contributed by atoms with Crippen LogP contribution in [0.3, 0.4) is 0 Å². The zero-order chi connectivity index (χ0) is 15.2. The number of amides is 1. The highest BCUT2D eigenvalue weighted by molar-refractivity contribution is 5.81. The van der Waals surface area contributed by atoms with Gasteiger partial charge in [-0.15, -0.1) is 6.58 Å². The fourth-order valence-electron chi connectivity index (χ4n) is 2.57. The first-order valence-electron chi connectivity index (χ1n) is 7.29. The van der Waals surface area contributed by atoms with Gasteiger partial charge in [0.05, 0.1) is 11.7 Å². The Balaban J connectivity index is 1.90. The van der Waals surface area contributed by atoms with Gasteiger partial charge in [0, 0.05) is 32.7 Å². The third-order valence-corrected chi connectivity index (χ3v) is 3.88. The van der Waals surface area contributed by atoms with Crippen molar-refractivity contribution in [1.29, 1.82) is 0 Å². The quantitative estimate of drug-likeness (QED) is 0.800. The summed E-state index contributed by atoms with van der Waals surface area (Å²) in [5.41, 5.74) is 0.862. The van der Waals surface area contributed by atoms with Crippen molar-refractivity contribution in [1.82, 2.24) is 10.2 Å². The summed E-state index contributed by atoms with van der Waals surface area (Å²) in [7, 11) is 0. The minimum absolute atomic E-state index is 0.0332. The average Bonchev–Trinajstić information content (AvgIpc) is 2.52. The first-order chi connectivity index (χ1) is 10.1. The van der Waals surface area contributed by atoms with E-state index < -0.39 is 0 Å². The summed E-state index contributed by atoms with van der Waals surface area (Å²) >= 11 is 0. The number of hydrogen-bond donors (Lipinski definition) is 2. The fraction of sp³-hybridized carbons (Fsp3) is 0.438. The van der Waals surface area contributed by atoms with Gasteiger partial charge in [0.1, 0.15) is 5.75 Å². The molecule has 0 bridgehead atoms. The molecule has 1 heterocycles. The minimum atomic E-state index is -0.142. The van der Waals surface area contributed by atoms with Crippen molar-refractivity contribution >= 4 is 11.6 Å². The van der Waals surface area contributed by atoms with Crippen LogP contribution in [0.25, 0.3) is 0 Å². The van der Waals surface area contributed by atoms with Crippen LogP contribution in [0.4, 0.5) is 5.69 Å². The van der Waals surface area contributed by atoms with Crippen LogP contribution in [-0.2, 0) is 4.79 Å². The van der Waals surface area contributed by atoms with Gasteiger partial charge in [0.2, 0.25) is 5.91 Å². The van der Waals surface area contributed by atoms with Crippen molar-refractivity contribution in [3.63, 3.8) is 0 Å². The molecule has 5 heteroatoms. The predicted octanol–water partition coefficient (Wildman–Crippen LogP) is 1.20. The molecule has 1 aromatic carbocycles. The van der Waals surface area contributed by atoms with E-state index >= 15 is 0 Å². The first-order valence-corrected chi connectivity index (χ1v) is 7.29. The molecule has 1 aromatic rings. The predicted molar refractivity (Wildman–Crippen MR) is 84.6 cm³/mol. The molecule has 0 radical (unpaired) electrons. The van der Waals surface area contributed by atoms with Crippen molar-refractivity contribution in [3.8, 4) is 5.75 Å². The van der Waals surface area contributed by atoms with Crippen molar-refractivity contribution in [3.05, 3.63) is 36.9 Å². The second-order valence-electron chi connectivity index (χ2n) is 5.22. The Bertz CT molecular complexity index is 496. The number of benzene rings is 1. The molecule has 114 valence electrons. The highest BCUT2D eigenvalue weighted by Crippen LogP contribution is 2.27. The van der Waals surface area contributed by atoms with E-state index in [2.05, 4.69) is 21.7 Å². The Morgan fingerprint density at radius 3 is 2.67 bits per heavy atom. The van der Waals surface area contributed by atoms with Gasteiger partial charge in [-0.3, -0.25) is 9.69 Å². The Kier molecular flexibility index (Phi) is 5.22. The molecular formula is C16H23N3O2. The Morgan fingerprint density at radius 1 is 1.38 bits per heavy atom. The Labute approximate surface area is 125 Å². The summed E-state index contributed by atoms with van der Waals surface area (Å²) < 4.78 is 0. The molecular weight excluding hydrogens is 266 g/mol. The van der Waals surface area contributed by atoms with Crippen molar-refractivity contribution in [2.24, 2.45) is 0 Å². The van der Waals surface area contributed by atoms with E-state index in [9.17, 15) is 9.90 Å². The van der Waals surface area contributed by atoms with Crippen LogP contribution in [0, 0.1) is 0 Å². The van der Waals surface area contributed by atoms with Crippen LogP contribution < -0.4 is 10.2 Å². The summed E-state index contributed by atoms with van der Waals surface area (Å²) in [5, 5.41) is 12.7. The molecule has 2 rings (SSSR count). The number of hydrogen-bond acceptors (Lipinski definition) is 4. The zero-order valence-electron chi connectivity index (χ0n) is 12.5. The molecule has 0 aliphatic carbocycles. The number of rotatable bonds is 5. The van der Waals surface area contributed by atoms with E-state index in [0.717, 1.165) is 31.9 Å². The van der Waals surface area contributed by atoms with Crippen LogP contribution in [0.5, 0.6) is 5.75 Å². The maximum atomic E-state index is 12.0. The van der Waals surface area contributed by atoms with E-state index in [4.69, 9.17) is 0 Å². The molecule has 0 saturated carbocycles. The first kappa shape index (κ1) is 15.4. The Morgan fingerprint density at radius 2 is 2.05 bits per heavy atom. The highest BCUT2D eigenvalue weighted by Gasteiger charge is 2.25. The number of carbonyl (C=O) groups excluding carboxylic acids is 1. The molecule has 0 aromatic heterocycles. The van der Waals surface area contributed by atoms with Gasteiger partial charge in [-0.2, -0.15) is 0 Å². The maximum Gasteiger partial charge on any atom is 0.237 e. The number of nitrogens with zero attached hydrogens (tertiary/aromatic N) is 2. The normalized spacial score (nSPS) is 17.3. The molecule has 21 heavy (non-hydrogen) atoms. The lowest BCUT2D eigenvalue weighted by Crippen LogP contribution is -2.54. The number of phenols is 1. The standard InChI is InChI=1S/C16H23N3O2/c1-3-8-17-16(21)13(2)18-9-11-19(12-10-18)14-6-4-5-7-15(14)20/h3-7,13,20H,1,8-12H2,2H3,(H,17,21). The monoisotopic (exact) mass is 289 g/mol. The summed E-state index contributed by atoms with van der Waals surface area (Å²) in [4.78, 5) is 16.3. The van der Waals surface area contributed by atoms with E-state index in [1.807, 2.05) is 25.1 Å². The molecule has 1 aliphatic heterocycles. The van der Waals surface area contributed by atoms with Gasteiger partial charge < -0.3 is 15.3 Å². The van der Waals surface area contributed by atoms with E-state index in [1.54, 1.807) is 12.1 Å². The van der Waals surface area contributed by atoms with Gasteiger partial charge in [0.15, 0.2) is 0 Å². The van der Waals surface area contributed by atoms with Crippen LogP contribution in [-0.4, -0.2) is 54.7 Å². The van der Waals surface area contributed by atoms with Crippen molar-refractivity contribution in [2.45, 2.75) is 13.0 Å². The molecule has 1 aliphatic rings. The number of phenolic OH excluding ortho intramolecular Hbond substituents is 1. The van der Waals surface area contributed by atoms with Crippen molar-refractivity contribution < 1.29 is 9.90 Å². The Hall–Kier alpha value is -2.01. The lowest BCUT2D eigenvalue weighted by molar-refractivity contribution is -0.125. The van der Waals surface area contributed by atoms with Crippen LogP contribution in [0.15, 0.2) is 36.9 Å². The SMILES string of the molecule is C=CCNC(=O)C(C)N1CCN(c2ccccc2O)CC1. The number of anilines is 1. The molecule has 1 saturated heterocycles. The van der Waals surface area contributed by atoms with Gasteiger partial charge in [0.25, 0.3) is 0 Å². The van der Waals surface area contributed by atoms with E-state index in [0.29, 0.717) is 12.3 Å². The lowest BCUT2D eigenvalue weighted by Gasteiger charge is -2.38. The number of aromatic hydroxyl groups is 1. The van der Waals surface area contributed by atoms with E-state index in [1.165, 1.54) is 0 Å². The van der Waals surface area contributed by atoms with Crippen molar-refractivity contribution in [2.75, 3.05) is 37.6 Å². The maximum absolute atomic E-state index is 12.0. The molecule has 1 fully saturated rings. The third kappa shape index (κ3) is 3.76. The lowest BCUT2D eigenvalue weighted by atomic mass is 10.2. The summed E-state index contributed by atoms with van der Waals surface area (Å²) in [6.45, 7) is 9.23. The second-order valence-corrected chi connectivity index (χ2v) is 5.22. The van der Waals surface area contributed by atoms with Gasteiger partial charge in [-0.05, 0) is 19.1 Å². The van der Waals surface area contributed by atoms with Gasteiger partial charge >= 0.3 is 0 Å². The third-order valence-electron chi connectivity index (χ3n) is 3.88. The average molecular weight is 289 g/mol. The summed E-state index contributed by atoms with van der Waals surface area (Å²) in [6.07, 6.45) is 1.68. The molecule has 2 N–H and O–H groups in total. The number of nitrogens with one attached hydrogen (secondary N) is 1. The number of para-hydroxylation sites is 2.